The Morgan fingerprint density at radius 3 is 2.27 bits per heavy atom. The second-order valence-corrected chi connectivity index (χ2v) is 8.95. The quantitative estimate of drug-likeness (QED) is 0.369. The van der Waals surface area contributed by atoms with Crippen molar-refractivity contribution in [1.82, 2.24) is 9.88 Å². The summed E-state index contributed by atoms with van der Waals surface area (Å²) in [6, 6.07) is 5.49. The summed E-state index contributed by atoms with van der Waals surface area (Å²) in [5.41, 5.74) is -1.83. The molecule has 1 saturated heterocycles. The first-order chi connectivity index (χ1) is 19.5. The Kier molecular flexibility index (Phi) is 8.91. The van der Waals surface area contributed by atoms with Gasteiger partial charge in [-0.25, -0.2) is 13.2 Å². The third-order valence-corrected chi connectivity index (χ3v) is 6.46. The molecule has 0 unspecified atom stereocenters. The van der Waals surface area contributed by atoms with Crippen molar-refractivity contribution < 1.29 is 45.8 Å². The Morgan fingerprint density at radius 1 is 1.02 bits per heavy atom. The number of carbonyl (C=O) groups excluding carboxylic acids is 2. The number of benzene rings is 2. The Balaban J connectivity index is 1.74. The fourth-order valence-corrected chi connectivity index (χ4v) is 4.55. The van der Waals surface area contributed by atoms with E-state index in [2.05, 4.69) is 10.1 Å². The molecule has 0 spiro atoms. The summed E-state index contributed by atoms with van der Waals surface area (Å²) < 4.78 is 84.8. The lowest BCUT2D eigenvalue weighted by Gasteiger charge is -2.20. The molecule has 1 aliphatic rings. The van der Waals surface area contributed by atoms with Crippen LogP contribution < -0.4 is 25.2 Å². The molecule has 1 aliphatic heterocycles. The first-order valence-electron chi connectivity index (χ1n) is 12.1. The fourth-order valence-electron chi connectivity index (χ4n) is 4.55. The van der Waals surface area contributed by atoms with E-state index in [9.17, 15) is 27.6 Å². The lowest BCUT2D eigenvalue weighted by Crippen LogP contribution is -2.44. The van der Waals surface area contributed by atoms with Crippen LogP contribution in [0.1, 0.15) is 21.8 Å². The van der Waals surface area contributed by atoms with Crippen LogP contribution in [0.15, 0.2) is 53.5 Å². The SMILES string of the molecule is COCCn1cc(F)cc(N2C[C@@H](c3c(F)cc(OC)cc3F)[C@H](NC(=O)c3ccc(OC(F)F)cc3)C2=O)c1=O. The summed E-state index contributed by atoms with van der Waals surface area (Å²) in [7, 11) is 2.58. The molecule has 41 heavy (non-hydrogen) atoms. The highest BCUT2D eigenvalue weighted by atomic mass is 19.3. The van der Waals surface area contributed by atoms with Gasteiger partial charge in [0.1, 0.15) is 40.7 Å². The topological polar surface area (TPSA) is 99.1 Å². The van der Waals surface area contributed by atoms with Crippen LogP contribution in [-0.2, 0) is 16.1 Å². The van der Waals surface area contributed by atoms with Crippen LogP contribution in [0.5, 0.6) is 11.5 Å². The Morgan fingerprint density at radius 2 is 1.68 bits per heavy atom. The predicted molar refractivity (Wildman–Crippen MR) is 135 cm³/mol. The van der Waals surface area contributed by atoms with Crippen molar-refractivity contribution in [1.29, 1.82) is 0 Å². The second-order valence-electron chi connectivity index (χ2n) is 8.95. The minimum Gasteiger partial charge on any atom is -0.497 e. The molecule has 2 atom stereocenters. The molecule has 2 aromatic carbocycles. The summed E-state index contributed by atoms with van der Waals surface area (Å²) in [5.74, 6) is -6.56. The van der Waals surface area contributed by atoms with Crippen LogP contribution in [0.2, 0.25) is 0 Å². The number of amides is 2. The van der Waals surface area contributed by atoms with Crippen molar-refractivity contribution in [3.05, 3.63) is 87.6 Å². The van der Waals surface area contributed by atoms with E-state index in [-0.39, 0.29) is 30.2 Å². The molecule has 0 saturated carbocycles. The Hall–Kier alpha value is -4.46. The Bertz CT molecular complexity index is 1470. The van der Waals surface area contributed by atoms with Gasteiger partial charge in [0.25, 0.3) is 11.5 Å². The standard InChI is InChI=1S/C27H24F5N3O6/c1-39-8-7-34-12-15(28)9-21(25(34)37)35-13-18(22-19(29)10-17(40-2)11-20(22)30)23(26(35)38)33-24(36)14-3-5-16(6-4-14)41-27(31)32/h3-6,9-12,18,23,27H,7-8,13H2,1-2H3,(H,33,36)/t18-,23-/m0/s1. The van der Waals surface area contributed by atoms with E-state index in [1.54, 1.807) is 0 Å². The lowest BCUT2D eigenvalue weighted by molar-refractivity contribution is -0.118. The zero-order chi connectivity index (χ0) is 29.8. The van der Waals surface area contributed by atoms with E-state index >= 15 is 8.78 Å². The van der Waals surface area contributed by atoms with Gasteiger partial charge >= 0.3 is 6.61 Å². The number of anilines is 1. The van der Waals surface area contributed by atoms with Gasteiger partial charge < -0.3 is 29.0 Å². The molecule has 0 radical (unpaired) electrons. The van der Waals surface area contributed by atoms with E-state index < -0.39 is 71.2 Å². The lowest BCUT2D eigenvalue weighted by atomic mass is 9.92. The molecule has 4 rings (SSSR count). The minimum atomic E-state index is -3.09. The van der Waals surface area contributed by atoms with Gasteiger partial charge in [0.05, 0.1) is 13.7 Å². The molecule has 1 fully saturated rings. The average Bonchev–Trinajstić information content (AvgIpc) is 3.23. The summed E-state index contributed by atoms with van der Waals surface area (Å²) in [6.45, 7) is -3.57. The molecule has 218 valence electrons. The number of halogens is 5. The normalized spacial score (nSPS) is 16.8. The average molecular weight is 581 g/mol. The van der Waals surface area contributed by atoms with E-state index in [4.69, 9.17) is 9.47 Å². The van der Waals surface area contributed by atoms with E-state index in [0.29, 0.717) is 0 Å². The molecule has 1 N–H and O–H groups in total. The predicted octanol–water partition coefficient (Wildman–Crippen LogP) is 3.45. The maximum Gasteiger partial charge on any atom is 0.387 e. The molecular weight excluding hydrogens is 557 g/mol. The van der Waals surface area contributed by atoms with Gasteiger partial charge in [-0.1, -0.05) is 0 Å². The van der Waals surface area contributed by atoms with Gasteiger partial charge in [0.15, 0.2) is 0 Å². The van der Waals surface area contributed by atoms with Crippen molar-refractivity contribution in [2.75, 3.05) is 32.3 Å². The number of hydrogen-bond acceptors (Lipinski definition) is 6. The number of methoxy groups -OCH3 is 2. The van der Waals surface area contributed by atoms with E-state index in [1.165, 1.54) is 14.2 Å². The van der Waals surface area contributed by atoms with Gasteiger partial charge in [-0.2, -0.15) is 8.78 Å². The zero-order valence-corrected chi connectivity index (χ0v) is 21.7. The summed E-state index contributed by atoms with van der Waals surface area (Å²) >= 11 is 0. The number of aromatic nitrogens is 1. The maximum absolute atomic E-state index is 15.2. The maximum atomic E-state index is 15.2. The molecule has 1 aromatic heterocycles. The number of ether oxygens (including phenoxy) is 3. The first-order valence-corrected chi connectivity index (χ1v) is 12.1. The van der Waals surface area contributed by atoms with Crippen LogP contribution in [0.3, 0.4) is 0 Å². The van der Waals surface area contributed by atoms with Crippen molar-refractivity contribution in [3.63, 3.8) is 0 Å². The molecule has 3 aromatic rings. The highest BCUT2D eigenvalue weighted by Gasteiger charge is 2.46. The largest absolute Gasteiger partial charge is 0.497 e. The van der Waals surface area contributed by atoms with Crippen LogP contribution in [0.25, 0.3) is 0 Å². The van der Waals surface area contributed by atoms with Crippen molar-refractivity contribution in [2.45, 2.75) is 25.1 Å². The highest BCUT2D eigenvalue weighted by molar-refractivity contribution is 6.05. The summed E-state index contributed by atoms with van der Waals surface area (Å²) in [6.07, 6.45) is 0.923. The number of rotatable bonds is 10. The smallest absolute Gasteiger partial charge is 0.387 e. The molecule has 14 heteroatoms. The van der Waals surface area contributed by atoms with Crippen molar-refractivity contribution in [3.8, 4) is 11.5 Å². The molecule has 2 amide bonds. The van der Waals surface area contributed by atoms with Gasteiger partial charge in [0, 0.05) is 61.6 Å². The molecule has 2 heterocycles. The minimum absolute atomic E-state index is 0.0429. The number of nitrogens with zero attached hydrogens (tertiary/aromatic N) is 2. The van der Waals surface area contributed by atoms with Crippen LogP contribution >= 0.6 is 0 Å². The molecular formula is C27H24F5N3O6. The molecule has 0 bridgehead atoms. The number of pyridine rings is 1. The fraction of sp³-hybridized carbons (Fsp3) is 0.296. The zero-order valence-electron chi connectivity index (χ0n) is 21.7. The molecule has 9 nitrogen and oxygen atoms in total. The number of nitrogens with one attached hydrogen (secondary N) is 1. The number of carbonyl (C=O) groups is 2. The van der Waals surface area contributed by atoms with Gasteiger partial charge in [0.2, 0.25) is 5.91 Å². The van der Waals surface area contributed by atoms with Gasteiger partial charge in [-0.3, -0.25) is 14.4 Å². The summed E-state index contributed by atoms with van der Waals surface area (Å²) in [4.78, 5) is 40.6. The monoisotopic (exact) mass is 581 g/mol. The highest BCUT2D eigenvalue weighted by Crippen LogP contribution is 2.36. The van der Waals surface area contributed by atoms with E-state index in [0.717, 1.165) is 58.1 Å². The van der Waals surface area contributed by atoms with E-state index in [1.807, 2.05) is 0 Å². The van der Waals surface area contributed by atoms with Gasteiger partial charge in [-0.15, -0.1) is 0 Å². The van der Waals surface area contributed by atoms with Crippen LogP contribution in [-0.4, -0.2) is 56.4 Å². The third-order valence-electron chi connectivity index (χ3n) is 6.46. The van der Waals surface area contributed by atoms with Crippen LogP contribution in [0.4, 0.5) is 27.6 Å². The first kappa shape index (κ1) is 29.5. The van der Waals surface area contributed by atoms with Crippen molar-refractivity contribution in [2.24, 2.45) is 0 Å². The number of hydrogen-bond donors (Lipinski definition) is 1. The second kappa shape index (κ2) is 12.4. The van der Waals surface area contributed by atoms with Crippen molar-refractivity contribution >= 4 is 17.5 Å². The third kappa shape index (κ3) is 6.32. The Labute approximate surface area is 230 Å². The number of alkyl halides is 2. The van der Waals surface area contributed by atoms with Crippen LogP contribution in [0, 0.1) is 17.5 Å². The van der Waals surface area contributed by atoms with Gasteiger partial charge in [-0.05, 0) is 24.3 Å². The molecule has 0 aliphatic carbocycles. The summed E-state index contributed by atoms with van der Waals surface area (Å²) in [5, 5.41) is 2.41.